The molecule has 2 rings (SSSR count). The van der Waals surface area contributed by atoms with Gasteiger partial charge in [0.2, 0.25) is 5.88 Å². The summed E-state index contributed by atoms with van der Waals surface area (Å²) in [7, 11) is 0. The second-order valence-corrected chi connectivity index (χ2v) is 3.98. The van der Waals surface area contributed by atoms with Crippen LogP contribution < -0.4 is 16.0 Å². The third-order valence-corrected chi connectivity index (χ3v) is 2.63. The van der Waals surface area contributed by atoms with Gasteiger partial charge >= 0.3 is 0 Å². The number of hydrazine groups is 1. The molecule has 7 nitrogen and oxygen atoms in total. The van der Waals surface area contributed by atoms with Crippen LogP contribution in [0.4, 0.5) is 0 Å². The van der Waals surface area contributed by atoms with Gasteiger partial charge in [-0.05, 0) is 19.9 Å². The molecule has 0 saturated heterocycles. The average Bonchev–Trinajstić information content (AvgIpc) is 2.47. The number of carbonyl (C=O) groups is 1. The number of hydrogen-bond donors (Lipinski definition) is 2. The van der Waals surface area contributed by atoms with Gasteiger partial charge in [0.15, 0.2) is 0 Å². The lowest BCUT2D eigenvalue weighted by Gasteiger charge is -2.08. The summed E-state index contributed by atoms with van der Waals surface area (Å²) in [5, 5.41) is 0. The first-order valence-corrected chi connectivity index (χ1v) is 6.09. The number of rotatable bonds is 4. The summed E-state index contributed by atoms with van der Waals surface area (Å²) in [6.07, 6.45) is 2.92. The van der Waals surface area contributed by atoms with Crippen LogP contribution in [-0.4, -0.2) is 27.5 Å². The molecule has 20 heavy (non-hydrogen) atoms. The predicted molar refractivity (Wildman–Crippen MR) is 72.8 cm³/mol. The van der Waals surface area contributed by atoms with Crippen molar-refractivity contribution in [1.29, 1.82) is 0 Å². The predicted octanol–water partition coefficient (Wildman–Crippen LogP) is 0.849. The Kier molecular flexibility index (Phi) is 4.21. The molecule has 0 radical (unpaired) electrons. The van der Waals surface area contributed by atoms with Crippen LogP contribution >= 0.6 is 0 Å². The van der Waals surface area contributed by atoms with E-state index in [4.69, 9.17) is 10.6 Å². The zero-order valence-electron chi connectivity index (χ0n) is 11.3. The van der Waals surface area contributed by atoms with Gasteiger partial charge < -0.3 is 4.74 Å². The van der Waals surface area contributed by atoms with E-state index >= 15 is 0 Å². The minimum absolute atomic E-state index is 0.151. The summed E-state index contributed by atoms with van der Waals surface area (Å²) < 4.78 is 5.33. The van der Waals surface area contributed by atoms with Gasteiger partial charge in [-0.15, -0.1) is 0 Å². The van der Waals surface area contributed by atoms with Crippen LogP contribution in [0.15, 0.2) is 24.5 Å². The molecular formula is C13H15N5O2. The van der Waals surface area contributed by atoms with Gasteiger partial charge in [-0.25, -0.2) is 15.8 Å². The fourth-order valence-corrected chi connectivity index (χ4v) is 1.72. The largest absolute Gasteiger partial charge is 0.478 e. The summed E-state index contributed by atoms with van der Waals surface area (Å²) in [5.41, 5.74) is 4.26. The normalized spacial score (nSPS) is 10.2. The van der Waals surface area contributed by atoms with Crippen LogP contribution in [-0.2, 0) is 0 Å². The van der Waals surface area contributed by atoms with E-state index in [1.807, 2.05) is 25.3 Å². The van der Waals surface area contributed by atoms with Crippen LogP contribution in [0, 0.1) is 6.92 Å². The van der Waals surface area contributed by atoms with E-state index in [0.29, 0.717) is 18.2 Å². The molecule has 3 N–H and O–H groups in total. The average molecular weight is 273 g/mol. The maximum Gasteiger partial charge on any atom is 0.285 e. The van der Waals surface area contributed by atoms with E-state index in [-0.39, 0.29) is 5.69 Å². The van der Waals surface area contributed by atoms with Gasteiger partial charge in [0.1, 0.15) is 5.69 Å². The number of ether oxygens (including phenoxy) is 1. The first-order valence-electron chi connectivity index (χ1n) is 6.09. The summed E-state index contributed by atoms with van der Waals surface area (Å²) in [5.74, 6) is 5.14. The van der Waals surface area contributed by atoms with Crippen LogP contribution in [0.2, 0.25) is 0 Å². The molecule has 0 atom stereocenters. The number of hydrogen-bond acceptors (Lipinski definition) is 6. The minimum atomic E-state index is -0.490. The molecule has 2 aromatic heterocycles. The Hall–Kier alpha value is -2.54. The highest BCUT2D eigenvalue weighted by atomic mass is 16.5. The van der Waals surface area contributed by atoms with E-state index in [9.17, 15) is 4.79 Å². The molecular weight excluding hydrogens is 258 g/mol. The SMILES string of the molecule is CCOc1ccc(-c2cncc(C(=O)NN)n2)c(C)n1. The quantitative estimate of drug-likeness (QED) is 0.486. The number of carbonyl (C=O) groups excluding carboxylic acids is 1. The molecule has 0 spiro atoms. The second-order valence-electron chi connectivity index (χ2n) is 3.98. The lowest BCUT2D eigenvalue weighted by atomic mass is 10.1. The number of nitrogens with one attached hydrogen (secondary N) is 1. The van der Waals surface area contributed by atoms with Crippen LogP contribution in [0.5, 0.6) is 5.88 Å². The van der Waals surface area contributed by atoms with Crippen LogP contribution in [0.1, 0.15) is 23.1 Å². The fourth-order valence-electron chi connectivity index (χ4n) is 1.72. The number of nitrogens with zero attached hydrogens (tertiary/aromatic N) is 3. The van der Waals surface area contributed by atoms with Crippen molar-refractivity contribution in [2.45, 2.75) is 13.8 Å². The summed E-state index contributed by atoms with van der Waals surface area (Å²) in [4.78, 5) is 24.0. The van der Waals surface area contributed by atoms with Gasteiger partial charge in [-0.3, -0.25) is 15.2 Å². The van der Waals surface area contributed by atoms with Gasteiger partial charge in [0.05, 0.1) is 30.4 Å². The number of nitrogen functional groups attached to an aromatic ring is 1. The Labute approximate surface area is 116 Å². The van der Waals surface area contributed by atoms with E-state index in [1.54, 1.807) is 12.3 Å². The molecule has 0 fully saturated rings. The molecule has 0 bridgehead atoms. The van der Waals surface area contributed by atoms with E-state index in [1.165, 1.54) is 6.20 Å². The Morgan fingerprint density at radius 3 is 2.80 bits per heavy atom. The molecule has 2 heterocycles. The zero-order valence-corrected chi connectivity index (χ0v) is 11.3. The van der Waals surface area contributed by atoms with Gasteiger partial charge in [0.25, 0.3) is 5.91 Å². The number of aromatic nitrogens is 3. The Balaban J connectivity index is 2.38. The second kappa shape index (κ2) is 6.07. The van der Waals surface area contributed by atoms with E-state index < -0.39 is 5.91 Å². The number of amides is 1. The monoisotopic (exact) mass is 273 g/mol. The number of nitrogens with two attached hydrogens (primary N) is 1. The molecule has 2 aromatic rings. The first-order chi connectivity index (χ1) is 9.65. The first kappa shape index (κ1) is 13.9. The third-order valence-electron chi connectivity index (χ3n) is 2.63. The Morgan fingerprint density at radius 1 is 1.35 bits per heavy atom. The van der Waals surface area contributed by atoms with E-state index in [0.717, 1.165) is 11.3 Å². The van der Waals surface area contributed by atoms with Crippen molar-refractivity contribution < 1.29 is 9.53 Å². The van der Waals surface area contributed by atoms with Crippen molar-refractivity contribution >= 4 is 5.91 Å². The molecule has 0 aliphatic heterocycles. The molecule has 1 amide bonds. The molecule has 7 heteroatoms. The maximum absolute atomic E-state index is 11.4. The summed E-state index contributed by atoms with van der Waals surface area (Å²) in [6.45, 7) is 4.29. The molecule has 0 unspecified atom stereocenters. The fraction of sp³-hybridized carbons (Fsp3) is 0.231. The van der Waals surface area contributed by atoms with Crippen molar-refractivity contribution in [2.75, 3.05) is 6.61 Å². The van der Waals surface area contributed by atoms with Crippen molar-refractivity contribution in [3.05, 3.63) is 35.9 Å². The molecule has 0 aliphatic rings. The van der Waals surface area contributed by atoms with Crippen molar-refractivity contribution in [3.8, 4) is 17.1 Å². The summed E-state index contributed by atoms with van der Waals surface area (Å²) >= 11 is 0. The molecule has 104 valence electrons. The lowest BCUT2D eigenvalue weighted by molar-refractivity contribution is 0.0948. The maximum atomic E-state index is 11.4. The highest BCUT2D eigenvalue weighted by molar-refractivity contribution is 5.91. The lowest BCUT2D eigenvalue weighted by Crippen LogP contribution is -2.30. The van der Waals surface area contributed by atoms with Gasteiger partial charge in [0, 0.05) is 11.6 Å². The third kappa shape index (κ3) is 2.89. The Bertz CT molecular complexity index is 630. The topological polar surface area (TPSA) is 103 Å². The zero-order chi connectivity index (χ0) is 14.5. The molecule has 0 aliphatic carbocycles. The smallest absolute Gasteiger partial charge is 0.285 e. The minimum Gasteiger partial charge on any atom is -0.478 e. The van der Waals surface area contributed by atoms with Crippen LogP contribution in [0.25, 0.3) is 11.3 Å². The number of pyridine rings is 1. The van der Waals surface area contributed by atoms with E-state index in [2.05, 4.69) is 15.0 Å². The van der Waals surface area contributed by atoms with Gasteiger partial charge in [-0.1, -0.05) is 0 Å². The highest BCUT2D eigenvalue weighted by Crippen LogP contribution is 2.22. The molecule has 0 aromatic carbocycles. The highest BCUT2D eigenvalue weighted by Gasteiger charge is 2.11. The summed E-state index contributed by atoms with van der Waals surface area (Å²) in [6, 6.07) is 3.59. The van der Waals surface area contributed by atoms with Crippen molar-refractivity contribution in [1.82, 2.24) is 20.4 Å². The van der Waals surface area contributed by atoms with Crippen molar-refractivity contribution in [3.63, 3.8) is 0 Å². The van der Waals surface area contributed by atoms with Crippen molar-refractivity contribution in [2.24, 2.45) is 5.84 Å². The molecule has 0 saturated carbocycles. The Morgan fingerprint density at radius 2 is 2.15 bits per heavy atom. The van der Waals surface area contributed by atoms with Crippen LogP contribution in [0.3, 0.4) is 0 Å². The standard InChI is InChI=1S/C13H15N5O2/c1-3-20-12-5-4-9(8(2)16-12)10-6-15-7-11(17-10)13(19)18-14/h4-7H,3,14H2,1-2H3,(H,18,19). The van der Waals surface area contributed by atoms with Gasteiger partial charge in [-0.2, -0.15) is 0 Å². The number of aryl methyl sites for hydroxylation is 1.